The Balaban J connectivity index is 1.50. The molecule has 5 atom stereocenters. The quantitative estimate of drug-likeness (QED) is 0.0424. The highest BCUT2D eigenvalue weighted by molar-refractivity contribution is 8.76. The lowest BCUT2D eigenvalue weighted by Crippen LogP contribution is -2.59. The number of aliphatic imine (C=N–C) groups is 1. The average Bonchev–Trinajstić information content (AvgIpc) is 3.62. The molecule has 0 spiro atoms. The number of rotatable bonds is 10. The Hall–Kier alpha value is -6.28. The van der Waals surface area contributed by atoms with Crippen LogP contribution < -0.4 is 49.1 Å². The summed E-state index contributed by atoms with van der Waals surface area (Å²) in [5.41, 5.74) is 18.9. The molecule has 0 saturated carbocycles. The minimum Gasteiger partial charge on any atom is -0.370 e. The minimum atomic E-state index is -1.26. The van der Waals surface area contributed by atoms with Gasteiger partial charge in [-0.25, -0.2) is 0 Å². The van der Waals surface area contributed by atoms with Crippen molar-refractivity contribution >= 4 is 90.6 Å². The van der Waals surface area contributed by atoms with Gasteiger partial charge in [-0.2, -0.15) is 0 Å². The Labute approximate surface area is 353 Å². The third-order valence-electron chi connectivity index (χ3n) is 9.55. The molecule has 318 valence electrons. The molecule has 7 amide bonds. The summed E-state index contributed by atoms with van der Waals surface area (Å²) >= 11 is 0. The zero-order chi connectivity index (χ0) is 43.2. The molecule has 60 heavy (non-hydrogen) atoms. The first-order valence-corrected chi connectivity index (χ1v) is 21.6. The van der Waals surface area contributed by atoms with Crippen molar-refractivity contribution < 1.29 is 33.6 Å². The molecule has 3 aromatic carbocycles. The minimum absolute atomic E-state index is 0.00116. The molecule has 1 saturated heterocycles. The smallest absolute Gasteiger partial charge is 0.243 e. The van der Waals surface area contributed by atoms with E-state index in [9.17, 15) is 33.6 Å². The maximum absolute atomic E-state index is 14.3. The number of guanidine groups is 1. The van der Waals surface area contributed by atoms with Gasteiger partial charge < -0.3 is 54.1 Å². The first kappa shape index (κ1) is 44.8. The Morgan fingerprint density at radius 3 is 2.18 bits per heavy atom. The number of nitrogens with one attached hydrogen (secondary N) is 7. The van der Waals surface area contributed by atoms with Gasteiger partial charge in [0.15, 0.2) is 5.96 Å². The molecule has 2 heterocycles. The van der Waals surface area contributed by atoms with Gasteiger partial charge >= 0.3 is 0 Å². The first-order valence-electron chi connectivity index (χ1n) is 19.1. The largest absolute Gasteiger partial charge is 0.370 e. The van der Waals surface area contributed by atoms with Crippen molar-refractivity contribution in [2.75, 3.05) is 24.6 Å². The summed E-state index contributed by atoms with van der Waals surface area (Å²) in [7, 11) is 2.25. The summed E-state index contributed by atoms with van der Waals surface area (Å²) in [5, 5.41) is 18.6. The van der Waals surface area contributed by atoms with Gasteiger partial charge in [0, 0.05) is 54.9 Å². The fourth-order valence-electron chi connectivity index (χ4n) is 6.52. The monoisotopic (exact) mass is 859 g/mol. The summed E-state index contributed by atoms with van der Waals surface area (Å²) in [6.07, 6.45) is 1.95. The van der Waals surface area contributed by atoms with E-state index in [-0.39, 0.29) is 49.7 Å². The maximum atomic E-state index is 14.3. The lowest BCUT2D eigenvalue weighted by Gasteiger charge is -2.26. The van der Waals surface area contributed by atoms with Gasteiger partial charge in [0.1, 0.15) is 30.2 Å². The Kier molecular flexibility index (Phi) is 16.2. The van der Waals surface area contributed by atoms with Crippen LogP contribution in [0.1, 0.15) is 30.9 Å². The predicted octanol–water partition coefficient (Wildman–Crippen LogP) is -0.400. The van der Waals surface area contributed by atoms with Crippen molar-refractivity contribution in [3.8, 4) is 0 Å². The molecule has 4 aromatic rings. The van der Waals surface area contributed by atoms with Crippen LogP contribution in [0.4, 0.5) is 0 Å². The Morgan fingerprint density at radius 2 is 1.43 bits per heavy atom. The summed E-state index contributed by atoms with van der Waals surface area (Å²) in [4.78, 5) is 101. The second-order valence-electron chi connectivity index (χ2n) is 14.1. The first-order chi connectivity index (χ1) is 28.8. The number of benzene rings is 3. The lowest BCUT2D eigenvalue weighted by atomic mass is 10.00. The van der Waals surface area contributed by atoms with Gasteiger partial charge in [0.05, 0.1) is 6.54 Å². The normalized spacial score (nSPS) is 21.4. The summed E-state index contributed by atoms with van der Waals surface area (Å²) in [6, 6.07) is 14.6. The fourth-order valence-corrected chi connectivity index (χ4v) is 8.86. The number of nitrogens with zero attached hydrogens (tertiary/aromatic N) is 1. The molecule has 18 nitrogen and oxygen atoms in total. The number of carbonyl (C=O) groups excluding carboxylic acids is 7. The van der Waals surface area contributed by atoms with Gasteiger partial charge in [0.2, 0.25) is 41.4 Å². The fraction of sp³-hybridized carbons (Fsp3) is 0.350. The van der Waals surface area contributed by atoms with E-state index in [2.05, 4.69) is 41.9 Å². The van der Waals surface area contributed by atoms with Crippen LogP contribution in [0.2, 0.25) is 0 Å². The standard InChI is InChI=1S/C40H49N11O7S2/c1-22(52)47-33-21-60-59-20-32(35(41)54)51-39(58)31(17-26-18-45-28-10-5-4-9-27(26)28)50-37(56)29(11-6-14-44-40(42)43)49-38(57)30(48-34(53)19-46-36(33)55)16-23-12-13-24-7-2-3-8-25(24)15-23/h2-5,7-10,12-13,15,18,29-33,45H,6,11,14,16-17,19-21H2,1H3,(H2,41,54)(H,46,55)(H,47,52)(H,48,53)(H,49,57)(H,50,56)(H,51,58)(H4,42,43,44)/t29-,30+,31-,32-,33-/m0/s1. The molecule has 5 rings (SSSR count). The van der Waals surface area contributed by atoms with Crippen molar-refractivity contribution in [3.63, 3.8) is 0 Å². The topological polar surface area (TPSA) is 298 Å². The SMILES string of the molecule is CC(=O)N[C@H]1CSSC[C@@H](C(N)=O)NC(=O)[C@H](Cc2c[nH]c3ccccc23)NC(=O)[C@H](CCCN=C(N)N)NC(=O)[C@@H](Cc2ccc3ccccc3c2)NC(=O)CNC1=O. The number of primary amides is 1. The van der Waals surface area contributed by atoms with Crippen LogP contribution in [0.5, 0.6) is 0 Å². The molecule has 0 unspecified atom stereocenters. The van der Waals surface area contributed by atoms with Crippen molar-refractivity contribution in [2.24, 2.45) is 22.2 Å². The van der Waals surface area contributed by atoms with Gasteiger partial charge in [0.25, 0.3) is 0 Å². The summed E-state index contributed by atoms with van der Waals surface area (Å²) in [5.74, 6) is -5.07. The van der Waals surface area contributed by atoms with Crippen LogP contribution in [0.25, 0.3) is 21.7 Å². The van der Waals surface area contributed by atoms with Crippen LogP contribution in [-0.4, -0.2) is 107 Å². The van der Waals surface area contributed by atoms with E-state index in [4.69, 9.17) is 17.2 Å². The number of hydrogen-bond acceptors (Lipinski definition) is 10. The third-order valence-corrected chi connectivity index (χ3v) is 12.0. The van der Waals surface area contributed by atoms with Gasteiger partial charge in [-0.15, -0.1) is 0 Å². The van der Waals surface area contributed by atoms with Gasteiger partial charge in [-0.1, -0.05) is 82.3 Å². The highest BCUT2D eigenvalue weighted by Gasteiger charge is 2.32. The molecular formula is C40H49N11O7S2. The van der Waals surface area contributed by atoms with E-state index in [1.807, 2.05) is 66.7 Å². The predicted molar refractivity (Wildman–Crippen MR) is 232 cm³/mol. The van der Waals surface area contributed by atoms with Gasteiger partial charge in [-0.05, 0) is 40.8 Å². The molecule has 1 fully saturated rings. The van der Waals surface area contributed by atoms with E-state index in [0.717, 1.165) is 43.3 Å². The van der Waals surface area contributed by atoms with Crippen LogP contribution in [0.15, 0.2) is 77.9 Å². The molecule has 1 aromatic heterocycles. The van der Waals surface area contributed by atoms with Crippen molar-refractivity contribution in [3.05, 3.63) is 84.1 Å². The number of fused-ring (bicyclic) bond motifs is 2. The van der Waals surface area contributed by atoms with Crippen molar-refractivity contribution in [2.45, 2.75) is 62.8 Å². The molecule has 0 radical (unpaired) electrons. The zero-order valence-electron chi connectivity index (χ0n) is 32.8. The molecule has 20 heteroatoms. The zero-order valence-corrected chi connectivity index (χ0v) is 34.5. The van der Waals surface area contributed by atoms with E-state index >= 15 is 0 Å². The summed E-state index contributed by atoms with van der Waals surface area (Å²) < 4.78 is 0. The second-order valence-corrected chi connectivity index (χ2v) is 16.7. The number of aromatic nitrogens is 1. The van der Waals surface area contributed by atoms with Crippen LogP contribution in [0, 0.1) is 0 Å². The molecular weight excluding hydrogens is 811 g/mol. The lowest BCUT2D eigenvalue weighted by molar-refractivity contribution is -0.134. The number of para-hydroxylation sites is 1. The van der Waals surface area contributed by atoms with E-state index < -0.39 is 78.1 Å². The molecule has 1 aliphatic rings. The molecule has 1 aliphatic heterocycles. The highest BCUT2D eigenvalue weighted by Crippen LogP contribution is 2.24. The van der Waals surface area contributed by atoms with Crippen molar-refractivity contribution in [1.29, 1.82) is 0 Å². The highest BCUT2D eigenvalue weighted by atomic mass is 33.1. The Morgan fingerprint density at radius 1 is 0.767 bits per heavy atom. The van der Waals surface area contributed by atoms with Crippen LogP contribution in [-0.2, 0) is 46.4 Å². The number of H-pyrrole nitrogens is 1. The third kappa shape index (κ3) is 13.1. The van der Waals surface area contributed by atoms with Crippen LogP contribution >= 0.6 is 21.6 Å². The number of aromatic amines is 1. The average molecular weight is 860 g/mol. The van der Waals surface area contributed by atoms with E-state index in [1.54, 1.807) is 6.20 Å². The van der Waals surface area contributed by atoms with Crippen LogP contribution in [0.3, 0.4) is 0 Å². The Bertz CT molecular complexity index is 2250. The van der Waals surface area contributed by atoms with Crippen molar-refractivity contribution in [1.82, 2.24) is 36.9 Å². The number of carbonyl (C=O) groups is 7. The second kappa shape index (κ2) is 21.6. The molecule has 0 bridgehead atoms. The summed E-state index contributed by atoms with van der Waals surface area (Å²) in [6.45, 7) is 0.818. The van der Waals surface area contributed by atoms with E-state index in [0.29, 0.717) is 11.1 Å². The van der Waals surface area contributed by atoms with E-state index in [1.165, 1.54) is 6.92 Å². The number of nitrogens with two attached hydrogens (primary N) is 3. The van der Waals surface area contributed by atoms with Gasteiger partial charge in [-0.3, -0.25) is 38.6 Å². The molecule has 0 aliphatic carbocycles. The maximum Gasteiger partial charge on any atom is 0.243 e. The molecule has 13 N–H and O–H groups in total. The number of hydrogen-bond donors (Lipinski definition) is 10. The number of amides is 7.